The fourth-order valence-electron chi connectivity index (χ4n) is 4.25. The van der Waals surface area contributed by atoms with Gasteiger partial charge in [-0.2, -0.15) is 0 Å². The maximum Gasteiger partial charge on any atom is 0.332 e. The Kier molecular flexibility index (Phi) is 9.85. The second-order valence-corrected chi connectivity index (χ2v) is 10.1. The molecule has 0 aliphatic rings. The number of hydrogen-bond donors (Lipinski definition) is 2. The summed E-state index contributed by atoms with van der Waals surface area (Å²) in [6.07, 6.45) is 2.05. The van der Waals surface area contributed by atoms with E-state index in [2.05, 4.69) is 10.6 Å². The molecule has 0 bridgehead atoms. The van der Waals surface area contributed by atoms with E-state index >= 15 is 0 Å². The molecule has 4 rings (SSSR count). The van der Waals surface area contributed by atoms with E-state index in [0.717, 1.165) is 10.1 Å². The Bertz CT molecular complexity index is 1580. The minimum atomic E-state index is -0.546. The van der Waals surface area contributed by atoms with E-state index in [9.17, 15) is 23.6 Å². The van der Waals surface area contributed by atoms with Crippen molar-refractivity contribution < 1.29 is 18.7 Å². The number of amides is 2. The molecule has 40 heavy (non-hydrogen) atoms. The van der Waals surface area contributed by atoms with Gasteiger partial charge in [0.25, 0.3) is 5.56 Å². The second-order valence-electron chi connectivity index (χ2n) is 9.18. The van der Waals surface area contributed by atoms with Crippen LogP contribution in [0.1, 0.15) is 38.2 Å². The molecule has 0 fully saturated rings. The van der Waals surface area contributed by atoms with Crippen molar-refractivity contribution in [2.45, 2.75) is 52.2 Å². The van der Waals surface area contributed by atoms with Gasteiger partial charge in [-0.05, 0) is 73.2 Å². The van der Waals surface area contributed by atoms with Gasteiger partial charge in [-0.1, -0.05) is 18.6 Å². The van der Waals surface area contributed by atoms with Crippen molar-refractivity contribution in [3.05, 3.63) is 92.2 Å². The van der Waals surface area contributed by atoms with Gasteiger partial charge < -0.3 is 15.4 Å². The predicted molar refractivity (Wildman–Crippen MR) is 153 cm³/mol. The summed E-state index contributed by atoms with van der Waals surface area (Å²) in [6, 6.07) is 14.5. The molecule has 0 saturated heterocycles. The van der Waals surface area contributed by atoms with Crippen LogP contribution >= 0.6 is 11.3 Å². The van der Waals surface area contributed by atoms with Gasteiger partial charge in [0.2, 0.25) is 11.8 Å². The van der Waals surface area contributed by atoms with Crippen LogP contribution in [0.2, 0.25) is 0 Å². The monoisotopic (exact) mass is 566 g/mol. The quantitative estimate of drug-likeness (QED) is 0.235. The summed E-state index contributed by atoms with van der Waals surface area (Å²) in [7, 11) is 0. The lowest BCUT2D eigenvalue weighted by atomic mass is 10.1. The van der Waals surface area contributed by atoms with Crippen molar-refractivity contribution in [3.63, 3.8) is 0 Å². The number of halogens is 1. The van der Waals surface area contributed by atoms with Gasteiger partial charge in [0.1, 0.15) is 22.8 Å². The highest BCUT2D eigenvalue weighted by Crippen LogP contribution is 2.17. The predicted octanol–water partition coefficient (Wildman–Crippen LogP) is 4.28. The number of carbonyl (C=O) groups is 2. The van der Waals surface area contributed by atoms with Crippen molar-refractivity contribution in [1.29, 1.82) is 0 Å². The van der Waals surface area contributed by atoms with Crippen molar-refractivity contribution in [3.8, 4) is 5.75 Å². The normalized spacial score (nSPS) is 10.9. The first-order valence-electron chi connectivity index (χ1n) is 13.1. The van der Waals surface area contributed by atoms with Crippen LogP contribution in [0.5, 0.6) is 5.75 Å². The van der Waals surface area contributed by atoms with Crippen LogP contribution in [0.15, 0.2) is 69.6 Å². The average molecular weight is 567 g/mol. The molecule has 9 nitrogen and oxygen atoms in total. The number of thiophene rings is 1. The molecule has 2 aromatic carbocycles. The van der Waals surface area contributed by atoms with E-state index in [1.807, 2.05) is 6.92 Å². The highest BCUT2D eigenvalue weighted by molar-refractivity contribution is 7.17. The number of rotatable bonds is 13. The lowest BCUT2D eigenvalue weighted by Gasteiger charge is -2.13. The number of carbonyl (C=O) groups excluding carboxylic acids is 2. The molecule has 2 amide bonds. The smallest absolute Gasteiger partial charge is 0.332 e. The topological polar surface area (TPSA) is 111 Å². The second kappa shape index (κ2) is 13.7. The fraction of sp³-hybridized carbons (Fsp3) is 0.310. The van der Waals surface area contributed by atoms with Gasteiger partial charge in [0, 0.05) is 25.2 Å². The number of nitrogens with zero attached hydrogens (tertiary/aromatic N) is 2. The van der Waals surface area contributed by atoms with Gasteiger partial charge >= 0.3 is 5.69 Å². The van der Waals surface area contributed by atoms with E-state index < -0.39 is 11.6 Å². The summed E-state index contributed by atoms with van der Waals surface area (Å²) >= 11 is 1.23. The highest BCUT2D eigenvalue weighted by Gasteiger charge is 2.16. The largest absolute Gasteiger partial charge is 0.494 e. The van der Waals surface area contributed by atoms with Crippen molar-refractivity contribution in [2.24, 2.45) is 0 Å². The van der Waals surface area contributed by atoms with Crippen molar-refractivity contribution in [1.82, 2.24) is 14.5 Å². The maximum absolute atomic E-state index is 13.3. The minimum Gasteiger partial charge on any atom is -0.494 e. The Morgan fingerprint density at radius 1 is 0.925 bits per heavy atom. The first kappa shape index (κ1) is 28.8. The molecule has 2 heterocycles. The summed E-state index contributed by atoms with van der Waals surface area (Å²) in [5, 5.41) is 7.30. The first-order chi connectivity index (χ1) is 19.4. The molecule has 0 unspecified atom stereocenters. The summed E-state index contributed by atoms with van der Waals surface area (Å²) in [5.41, 5.74) is 0.876. The Balaban J connectivity index is 1.33. The molecule has 0 spiro atoms. The molecule has 0 radical (unpaired) electrons. The summed E-state index contributed by atoms with van der Waals surface area (Å²) in [4.78, 5) is 51.2. The minimum absolute atomic E-state index is 0.123. The van der Waals surface area contributed by atoms with Crippen LogP contribution in [-0.2, 0) is 29.2 Å². The molecule has 11 heteroatoms. The standard InChI is InChI=1S/C29H31FN4O5S/c1-2-39-23-13-11-22(12-14-23)32-26(36)19-34-24-15-17-40-27(24)28(37)33(29(34)38)16-5-3-4-6-25(35)31-18-20-7-9-21(30)10-8-20/h7-15,17H,2-6,16,18-19H2,1H3,(H,31,35)(H,32,36). The Hall–Kier alpha value is -4.25. The van der Waals surface area contributed by atoms with Crippen molar-refractivity contribution in [2.75, 3.05) is 11.9 Å². The maximum atomic E-state index is 13.3. The number of hydrogen-bond acceptors (Lipinski definition) is 6. The molecule has 0 aliphatic carbocycles. The molecule has 210 valence electrons. The third-order valence-electron chi connectivity index (χ3n) is 6.28. The van der Waals surface area contributed by atoms with Gasteiger partial charge in [-0.25, -0.2) is 9.18 Å². The van der Waals surface area contributed by atoms with Crippen LogP contribution in [0.3, 0.4) is 0 Å². The molecule has 2 aromatic heterocycles. The number of fused-ring (bicyclic) bond motifs is 1. The number of unbranched alkanes of at least 4 members (excludes halogenated alkanes) is 2. The molecule has 0 atom stereocenters. The van der Waals surface area contributed by atoms with Crippen LogP contribution in [0.4, 0.5) is 10.1 Å². The summed E-state index contributed by atoms with van der Waals surface area (Å²) < 4.78 is 21.3. The zero-order valence-corrected chi connectivity index (χ0v) is 23.0. The number of nitrogens with one attached hydrogen (secondary N) is 2. The van der Waals surface area contributed by atoms with Crippen LogP contribution in [0.25, 0.3) is 10.2 Å². The number of aromatic nitrogens is 2. The fourth-order valence-corrected chi connectivity index (χ4v) is 5.10. The third kappa shape index (κ3) is 7.44. The molecular weight excluding hydrogens is 535 g/mol. The Morgan fingerprint density at radius 2 is 1.68 bits per heavy atom. The lowest BCUT2D eigenvalue weighted by molar-refractivity contribution is -0.121. The van der Waals surface area contributed by atoms with Crippen molar-refractivity contribution >= 4 is 39.1 Å². The average Bonchev–Trinajstić information content (AvgIpc) is 3.44. The van der Waals surface area contributed by atoms with Crippen LogP contribution in [0, 0.1) is 5.82 Å². The van der Waals surface area contributed by atoms with E-state index in [-0.39, 0.29) is 30.4 Å². The molecular formula is C29H31FN4O5S. The third-order valence-corrected chi connectivity index (χ3v) is 7.17. The zero-order chi connectivity index (χ0) is 28.5. The zero-order valence-electron chi connectivity index (χ0n) is 22.2. The van der Waals surface area contributed by atoms with Gasteiger partial charge in [0.05, 0.1) is 12.1 Å². The Labute approximate surface area is 234 Å². The molecule has 0 aliphatic heterocycles. The van der Waals surface area contributed by atoms with E-state index in [0.29, 0.717) is 60.5 Å². The SMILES string of the molecule is CCOc1ccc(NC(=O)Cn2c(=O)n(CCCCCC(=O)NCc3ccc(F)cc3)c(=O)c3sccc32)cc1. The van der Waals surface area contributed by atoms with Crippen LogP contribution in [-0.4, -0.2) is 27.6 Å². The number of benzene rings is 2. The summed E-state index contributed by atoms with van der Waals surface area (Å²) in [6.45, 7) is 2.68. The first-order valence-corrected chi connectivity index (χ1v) is 14.0. The molecule has 2 N–H and O–H groups in total. The van der Waals surface area contributed by atoms with E-state index in [4.69, 9.17) is 4.74 Å². The van der Waals surface area contributed by atoms with E-state index in [1.54, 1.807) is 47.8 Å². The number of anilines is 1. The summed E-state index contributed by atoms with van der Waals surface area (Å²) in [5.74, 6) is -0.154. The van der Waals surface area contributed by atoms with Gasteiger partial charge in [0.15, 0.2) is 0 Å². The van der Waals surface area contributed by atoms with E-state index in [1.165, 1.54) is 28.0 Å². The van der Waals surface area contributed by atoms with Gasteiger partial charge in [-0.15, -0.1) is 11.3 Å². The molecule has 0 saturated carbocycles. The van der Waals surface area contributed by atoms with Crippen LogP contribution < -0.4 is 26.6 Å². The molecule has 4 aromatic rings. The highest BCUT2D eigenvalue weighted by atomic mass is 32.1. The lowest BCUT2D eigenvalue weighted by Crippen LogP contribution is -2.41. The number of ether oxygens (including phenoxy) is 1. The van der Waals surface area contributed by atoms with Gasteiger partial charge in [-0.3, -0.25) is 23.5 Å². The Morgan fingerprint density at radius 3 is 2.40 bits per heavy atom.